The summed E-state index contributed by atoms with van der Waals surface area (Å²) in [7, 11) is 0. The normalized spacial score (nSPS) is 11.8. The van der Waals surface area contributed by atoms with Crippen molar-refractivity contribution >= 4 is 40.7 Å². The molecular formula is C22H19Cl3FN3O2. The van der Waals surface area contributed by atoms with Crippen molar-refractivity contribution in [2.75, 3.05) is 5.88 Å². The number of halogens is 4. The molecule has 0 bridgehead atoms. The SMILES string of the molecule is Cc1ccc(CC(CCl)NC(=O)c2cc(C)nnc2Oc2cccc(Cl)c2F)c(Cl)c1. The van der Waals surface area contributed by atoms with E-state index in [2.05, 4.69) is 15.5 Å². The van der Waals surface area contributed by atoms with E-state index in [4.69, 9.17) is 39.5 Å². The molecule has 0 aliphatic rings. The van der Waals surface area contributed by atoms with Gasteiger partial charge in [0.15, 0.2) is 11.6 Å². The van der Waals surface area contributed by atoms with Gasteiger partial charge in [0.05, 0.1) is 10.7 Å². The second-order valence-corrected chi connectivity index (χ2v) is 8.11. The predicted molar refractivity (Wildman–Crippen MR) is 120 cm³/mol. The topological polar surface area (TPSA) is 64.1 Å². The summed E-state index contributed by atoms with van der Waals surface area (Å²) in [5.74, 6) is -1.40. The van der Waals surface area contributed by atoms with Crippen LogP contribution in [-0.2, 0) is 6.42 Å². The van der Waals surface area contributed by atoms with Crippen molar-refractivity contribution < 1.29 is 13.9 Å². The summed E-state index contributed by atoms with van der Waals surface area (Å²) in [6.07, 6.45) is 0.435. The largest absolute Gasteiger partial charge is 0.434 e. The van der Waals surface area contributed by atoms with Gasteiger partial charge >= 0.3 is 0 Å². The van der Waals surface area contributed by atoms with Crippen molar-refractivity contribution in [1.82, 2.24) is 15.5 Å². The Hall–Kier alpha value is -2.41. The summed E-state index contributed by atoms with van der Waals surface area (Å²) >= 11 is 18.2. The molecule has 1 heterocycles. The zero-order chi connectivity index (χ0) is 22.5. The summed E-state index contributed by atoms with van der Waals surface area (Å²) in [6.45, 7) is 3.62. The molecule has 3 rings (SSSR count). The van der Waals surface area contributed by atoms with Crippen LogP contribution in [0.4, 0.5) is 4.39 Å². The Morgan fingerprint density at radius 2 is 1.90 bits per heavy atom. The first-order chi connectivity index (χ1) is 14.8. The Labute approximate surface area is 194 Å². The van der Waals surface area contributed by atoms with Crippen LogP contribution >= 0.6 is 34.8 Å². The molecule has 0 radical (unpaired) electrons. The summed E-state index contributed by atoms with van der Waals surface area (Å²) in [5.41, 5.74) is 2.48. The van der Waals surface area contributed by atoms with Gasteiger partial charge < -0.3 is 10.1 Å². The molecule has 3 aromatic rings. The van der Waals surface area contributed by atoms with Crippen LogP contribution in [0.3, 0.4) is 0 Å². The van der Waals surface area contributed by atoms with E-state index in [1.807, 2.05) is 25.1 Å². The number of carbonyl (C=O) groups is 1. The molecule has 162 valence electrons. The van der Waals surface area contributed by atoms with Gasteiger partial charge in [-0.15, -0.1) is 16.7 Å². The fraction of sp³-hybridized carbons (Fsp3) is 0.227. The van der Waals surface area contributed by atoms with Crippen LogP contribution in [0.1, 0.15) is 27.2 Å². The second-order valence-electron chi connectivity index (χ2n) is 6.98. The average molecular weight is 483 g/mol. The van der Waals surface area contributed by atoms with E-state index < -0.39 is 17.8 Å². The maximum absolute atomic E-state index is 14.2. The fourth-order valence-electron chi connectivity index (χ4n) is 2.87. The molecule has 0 aliphatic carbocycles. The van der Waals surface area contributed by atoms with Crippen molar-refractivity contribution in [2.24, 2.45) is 0 Å². The third kappa shape index (κ3) is 5.85. The van der Waals surface area contributed by atoms with Crippen molar-refractivity contribution in [2.45, 2.75) is 26.3 Å². The number of nitrogens with zero attached hydrogens (tertiary/aromatic N) is 2. The number of amides is 1. The molecule has 0 saturated carbocycles. The minimum Gasteiger partial charge on any atom is -0.434 e. The second kappa shape index (κ2) is 10.3. The number of hydrogen-bond donors (Lipinski definition) is 1. The number of ether oxygens (including phenoxy) is 1. The minimum atomic E-state index is -0.759. The molecule has 5 nitrogen and oxygen atoms in total. The van der Waals surface area contributed by atoms with Crippen LogP contribution < -0.4 is 10.1 Å². The van der Waals surface area contributed by atoms with Crippen molar-refractivity contribution in [3.05, 3.63) is 80.7 Å². The molecule has 0 saturated heterocycles. The number of hydrogen-bond acceptors (Lipinski definition) is 4. The highest BCUT2D eigenvalue weighted by Gasteiger charge is 2.21. The monoisotopic (exact) mass is 481 g/mol. The summed E-state index contributed by atoms with van der Waals surface area (Å²) < 4.78 is 19.8. The van der Waals surface area contributed by atoms with Crippen LogP contribution in [0.25, 0.3) is 0 Å². The molecule has 0 spiro atoms. The first kappa shape index (κ1) is 23.3. The van der Waals surface area contributed by atoms with E-state index in [0.29, 0.717) is 17.1 Å². The van der Waals surface area contributed by atoms with Crippen LogP contribution in [0.5, 0.6) is 11.6 Å². The van der Waals surface area contributed by atoms with E-state index in [9.17, 15) is 9.18 Å². The van der Waals surface area contributed by atoms with E-state index in [-0.39, 0.29) is 28.1 Å². The van der Waals surface area contributed by atoms with Gasteiger partial charge in [0, 0.05) is 16.9 Å². The van der Waals surface area contributed by atoms with Gasteiger partial charge in [0.1, 0.15) is 5.56 Å². The lowest BCUT2D eigenvalue weighted by molar-refractivity contribution is 0.0937. The highest BCUT2D eigenvalue weighted by molar-refractivity contribution is 6.31. The molecule has 1 unspecified atom stereocenters. The summed E-state index contributed by atoms with van der Waals surface area (Å²) in [5, 5.41) is 11.2. The molecule has 1 aromatic heterocycles. The van der Waals surface area contributed by atoms with E-state index >= 15 is 0 Å². The highest BCUT2D eigenvalue weighted by atomic mass is 35.5. The number of benzene rings is 2. The maximum atomic E-state index is 14.2. The average Bonchev–Trinajstić information content (AvgIpc) is 2.73. The van der Waals surface area contributed by atoms with Gasteiger partial charge in [-0.1, -0.05) is 41.4 Å². The molecule has 1 atom stereocenters. The minimum absolute atomic E-state index is 0.0944. The third-order valence-electron chi connectivity index (χ3n) is 4.45. The number of rotatable bonds is 7. The van der Waals surface area contributed by atoms with Gasteiger partial charge in [0.25, 0.3) is 11.8 Å². The van der Waals surface area contributed by atoms with Gasteiger partial charge in [-0.25, -0.2) is 4.39 Å². The number of aromatic nitrogens is 2. The van der Waals surface area contributed by atoms with Crippen molar-refractivity contribution in [3.8, 4) is 11.6 Å². The van der Waals surface area contributed by atoms with E-state index in [1.165, 1.54) is 24.3 Å². The Morgan fingerprint density at radius 3 is 2.61 bits per heavy atom. The zero-order valence-electron chi connectivity index (χ0n) is 16.8. The summed E-state index contributed by atoms with van der Waals surface area (Å²) in [6, 6.07) is 11.1. The lowest BCUT2D eigenvalue weighted by atomic mass is 10.0. The third-order valence-corrected chi connectivity index (χ3v) is 5.46. The van der Waals surface area contributed by atoms with Crippen LogP contribution in [0.15, 0.2) is 42.5 Å². The molecule has 0 fully saturated rings. The molecule has 9 heteroatoms. The van der Waals surface area contributed by atoms with Gasteiger partial charge in [0.2, 0.25) is 0 Å². The number of aryl methyl sites for hydroxylation is 2. The standard InChI is InChI=1S/C22H19Cl3FN3O2/c1-12-6-7-14(18(25)8-12)10-15(11-23)27-21(30)16-9-13(2)28-29-22(16)31-19-5-3-4-17(24)20(19)26/h3-9,15H,10-11H2,1-2H3,(H,27,30). The molecule has 31 heavy (non-hydrogen) atoms. The lowest BCUT2D eigenvalue weighted by Gasteiger charge is -2.18. The quantitative estimate of drug-likeness (QED) is 0.425. The Bertz CT molecular complexity index is 1110. The van der Waals surface area contributed by atoms with Gasteiger partial charge in [-0.2, -0.15) is 5.10 Å². The van der Waals surface area contributed by atoms with Crippen LogP contribution in [0.2, 0.25) is 10.0 Å². The smallest absolute Gasteiger partial charge is 0.257 e. The Kier molecular flexibility index (Phi) is 7.70. The molecule has 0 aliphatic heterocycles. The number of carbonyl (C=O) groups excluding carboxylic acids is 1. The predicted octanol–water partition coefficient (Wildman–Crippen LogP) is 5.91. The van der Waals surface area contributed by atoms with E-state index in [1.54, 1.807) is 6.92 Å². The number of alkyl halides is 1. The molecule has 2 aromatic carbocycles. The van der Waals surface area contributed by atoms with Crippen molar-refractivity contribution in [1.29, 1.82) is 0 Å². The zero-order valence-corrected chi connectivity index (χ0v) is 19.0. The van der Waals surface area contributed by atoms with Crippen LogP contribution in [0, 0.1) is 19.7 Å². The number of nitrogens with one attached hydrogen (secondary N) is 1. The Balaban J connectivity index is 1.83. The van der Waals surface area contributed by atoms with E-state index in [0.717, 1.165) is 11.1 Å². The summed E-state index contributed by atoms with van der Waals surface area (Å²) in [4.78, 5) is 13.0. The van der Waals surface area contributed by atoms with Gasteiger partial charge in [-0.3, -0.25) is 4.79 Å². The maximum Gasteiger partial charge on any atom is 0.257 e. The first-order valence-electron chi connectivity index (χ1n) is 9.36. The molecule has 1 N–H and O–H groups in total. The Morgan fingerprint density at radius 1 is 1.13 bits per heavy atom. The van der Waals surface area contributed by atoms with Gasteiger partial charge in [-0.05, 0) is 55.7 Å². The molecular weight excluding hydrogens is 464 g/mol. The highest BCUT2D eigenvalue weighted by Crippen LogP contribution is 2.29. The first-order valence-corrected chi connectivity index (χ1v) is 10.7. The molecule has 1 amide bonds. The van der Waals surface area contributed by atoms with Crippen LogP contribution in [-0.4, -0.2) is 28.0 Å². The van der Waals surface area contributed by atoms with Crippen molar-refractivity contribution in [3.63, 3.8) is 0 Å². The lowest BCUT2D eigenvalue weighted by Crippen LogP contribution is -2.38. The fourth-order valence-corrected chi connectivity index (χ4v) is 3.54.